The Balaban J connectivity index is 1.38. The third-order valence-corrected chi connectivity index (χ3v) is 8.72. The zero-order chi connectivity index (χ0) is 25.8. The van der Waals surface area contributed by atoms with Crippen molar-refractivity contribution in [3.8, 4) is 0 Å². The third-order valence-electron chi connectivity index (χ3n) is 8.31. The van der Waals surface area contributed by atoms with Crippen molar-refractivity contribution in [2.45, 2.75) is 69.2 Å². The van der Waals surface area contributed by atoms with Gasteiger partial charge in [0.25, 0.3) is 5.91 Å². The normalized spacial score (nSPS) is 24.2. The Morgan fingerprint density at radius 3 is 2.46 bits per heavy atom. The van der Waals surface area contributed by atoms with Crippen molar-refractivity contribution in [1.82, 2.24) is 19.7 Å². The van der Waals surface area contributed by atoms with Crippen molar-refractivity contribution in [3.63, 3.8) is 0 Å². The molecule has 1 amide bonds. The molecule has 5 rings (SSSR count). The van der Waals surface area contributed by atoms with Gasteiger partial charge in [-0.1, -0.05) is 44.9 Å². The number of pyridine rings is 1. The zero-order valence-electron chi connectivity index (χ0n) is 22.0. The average molecular weight is 529 g/mol. The lowest BCUT2D eigenvalue weighted by atomic mass is 9.84. The number of nitrogens with two attached hydrogens (primary N) is 1. The molecule has 1 saturated carbocycles. The van der Waals surface area contributed by atoms with Gasteiger partial charge in [-0.2, -0.15) is 5.10 Å². The first-order valence-corrected chi connectivity index (χ1v) is 14.4. The van der Waals surface area contributed by atoms with Crippen LogP contribution in [0.4, 0.5) is 23.0 Å². The summed E-state index contributed by atoms with van der Waals surface area (Å²) in [5.74, 6) is 1.07. The quantitative estimate of drug-likeness (QED) is 0.499. The number of carbonyl (C=O) groups is 1. The maximum Gasteiger partial charge on any atom is 0.263 e. The van der Waals surface area contributed by atoms with Gasteiger partial charge < -0.3 is 26.2 Å². The average Bonchev–Trinajstić information content (AvgIpc) is 3.24. The van der Waals surface area contributed by atoms with Crippen LogP contribution >= 0.6 is 11.6 Å². The number of amides is 1. The zero-order valence-corrected chi connectivity index (χ0v) is 22.7. The minimum absolute atomic E-state index is 0.0282. The molecule has 9 nitrogen and oxygen atoms in total. The van der Waals surface area contributed by atoms with Gasteiger partial charge in [0.15, 0.2) is 5.82 Å². The summed E-state index contributed by atoms with van der Waals surface area (Å²) < 4.78 is 1.92. The van der Waals surface area contributed by atoms with E-state index in [1.807, 2.05) is 10.7 Å². The number of hydrogen-bond donors (Lipinski definition) is 3. The molecule has 2 aromatic heterocycles. The van der Waals surface area contributed by atoms with Crippen LogP contribution in [0, 0.1) is 5.92 Å². The summed E-state index contributed by atoms with van der Waals surface area (Å²) >= 11 is 6.92. The summed E-state index contributed by atoms with van der Waals surface area (Å²) in [5, 5.41) is 11.0. The predicted molar refractivity (Wildman–Crippen MR) is 151 cm³/mol. The molecule has 2 fully saturated rings. The van der Waals surface area contributed by atoms with Gasteiger partial charge in [-0.05, 0) is 31.9 Å². The summed E-state index contributed by atoms with van der Waals surface area (Å²) in [4.78, 5) is 22.5. The molecule has 1 saturated heterocycles. The van der Waals surface area contributed by atoms with E-state index in [4.69, 9.17) is 22.4 Å². The molecule has 202 valence electrons. The van der Waals surface area contributed by atoms with E-state index in [1.54, 1.807) is 12.4 Å². The number of nitrogen functional groups attached to an aromatic ring is 1. The molecule has 4 heterocycles. The van der Waals surface area contributed by atoms with Gasteiger partial charge in [-0.15, -0.1) is 11.6 Å². The van der Waals surface area contributed by atoms with Crippen LogP contribution in [0.5, 0.6) is 0 Å². The van der Waals surface area contributed by atoms with E-state index in [1.165, 1.54) is 44.9 Å². The number of fused-ring (bicyclic) bond motifs is 1. The predicted octanol–water partition coefficient (Wildman–Crippen LogP) is 4.58. The highest BCUT2D eigenvalue weighted by atomic mass is 35.5. The Morgan fingerprint density at radius 1 is 1.08 bits per heavy atom. The standard InChI is InChI=1S/C27H41ClN8O/c1-34-13-15-35(16-14-34)22-11-12-30-18-21(22)32-27(37)23-25(29)33-36-24(20(28)17-31-26(23)36)19-9-7-5-3-2-4-6-8-10-19/h11-12,18-20,24,31H,2-10,13-17H2,1H3,(H2,29,33)(H,32,37). The number of rotatable bonds is 4. The summed E-state index contributed by atoms with van der Waals surface area (Å²) in [7, 11) is 2.13. The van der Waals surface area contributed by atoms with Gasteiger partial charge in [-0.25, -0.2) is 4.68 Å². The minimum atomic E-state index is -0.271. The van der Waals surface area contributed by atoms with Crippen LogP contribution in [-0.2, 0) is 0 Å². The van der Waals surface area contributed by atoms with Crippen LogP contribution in [0.3, 0.4) is 0 Å². The van der Waals surface area contributed by atoms with Crippen LogP contribution in [0.15, 0.2) is 18.5 Å². The summed E-state index contributed by atoms with van der Waals surface area (Å²) in [6.07, 6.45) is 14.7. The highest BCUT2D eigenvalue weighted by molar-refractivity contribution is 6.21. The molecule has 10 heteroatoms. The van der Waals surface area contributed by atoms with Crippen LogP contribution in [0.2, 0.25) is 0 Å². The van der Waals surface area contributed by atoms with Crippen molar-refractivity contribution in [3.05, 3.63) is 24.0 Å². The Labute approximate surface area is 225 Å². The first-order valence-electron chi connectivity index (χ1n) is 14.0. The molecule has 3 aliphatic rings. The SMILES string of the molecule is CN1CCN(c2ccncc2NC(=O)c2c(N)nn3c2NCC(Cl)C3C2CCCCCCCCC2)CC1. The first-order chi connectivity index (χ1) is 18.0. The Bertz CT molecular complexity index is 1060. The van der Waals surface area contributed by atoms with Gasteiger partial charge in [0.2, 0.25) is 0 Å². The highest BCUT2D eigenvalue weighted by Crippen LogP contribution is 2.41. The highest BCUT2D eigenvalue weighted by Gasteiger charge is 2.38. The number of halogens is 1. The smallest absolute Gasteiger partial charge is 0.263 e. The largest absolute Gasteiger partial charge is 0.381 e. The van der Waals surface area contributed by atoms with Gasteiger partial charge >= 0.3 is 0 Å². The van der Waals surface area contributed by atoms with Gasteiger partial charge in [0.1, 0.15) is 11.4 Å². The topological polar surface area (TPSA) is 104 Å². The fourth-order valence-electron chi connectivity index (χ4n) is 6.20. The second-order valence-corrected chi connectivity index (χ2v) is 11.5. The van der Waals surface area contributed by atoms with E-state index in [-0.39, 0.29) is 23.1 Å². The van der Waals surface area contributed by atoms with Crippen LogP contribution in [0.1, 0.15) is 74.2 Å². The second-order valence-electron chi connectivity index (χ2n) is 10.9. The van der Waals surface area contributed by atoms with Crippen molar-refractivity contribution in [2.75, 3.05) is 61.0 Å². The molecule has 0 aromatic carbocycles. The number of nitrogens with zero attached hydrogens (tertiary/aromatic N) is 5. The molecule has 37 heavy (non-hydrogen) atoms. The molecule has 2 atom stereocenters. The van der Waals surface area contributed by atoms with Gasteiger partial charge in [-0.3, -0.25) is 9.78 Å². The number of alkyl halides is 1. The van der Waals surface area contributed by atoms with Gasteiger partial charge in [0.05, 0.1) is 29.0 Å². The van der Waals surface area contributed by atoms with E-state index < -0.39 is 0 Å². The fraction of sp³-hybridized carbons (Fsp3) is 0.667. The maximum atomic E-state index is 13.6. The monoisotopic (exact) mass is 528 g/mol. The number of nitrogens with one attached hydrogen (secondary N) is 2. The Hall–Kier alpha value is -2.52. The summed E-state index contributed by atoms with van der Waals surface area (Å²) in [6.45, 7) is 4.34. The van der Waals surface area contributed by atoms with E-state index in [9.17, 15) is 4.79 Å². The van der Waals surface area contributed by atoms with Crippen molar-refractivity contribution in [1.29, 1.82) is 0 Å². The third kappa shape index (κ3) is 5.82. The second kappa shape index (κ2) is 11.9. The van der Waals surface area contributed by atoms with E-state index >= 15 is 0 Å². The number of piperazine rings is 1. The van der Waals surface area contributed by atoms with Crippen molar-refractivity contribution < 1.29 is 4.79 Å². The molecule has 0 bridgehead atoms. The fourth-order valence-corrected chi connectivity index (χ4v) is 6.59. The molecule has 2 aromatic rings. The molecular formula is C27H41ClN8O. The number of carbonyl (C=O) groups excluding carboxylic acids is 1. The lowest BCUT2D eigenvalue weighted by Crippen LogP contribution is -2.44. The summed E-state index contributed by atoms with van der Waals surface area (Å²) in [6, 6.07) is 1.99. The van der Waals surface area contributed by atoms with E-state index in [2.05, 4.69) is 32.5 Å². The summed E-state index contributed by atoms with van der Waals surface area (Å²) in [5.41, 5.74) is 8.46. The van der Waals surface area contributed by atoms with Crippen LogP contribution in [0.25, 0.3) is 0 Å². The number of hydrogen-bond acceptors (Lipinski definition) is 7. The number of likely N-dealkylation sites (N-methyl/N-ethyl adjacent to an activating group) is 1. The molecule has 0 radical (unpaired) electrons. The number of aromatic nitrogens is 3. The first kappa shape index (κ1) is 26.1. The van der Waals surface area contributed by atoms with Crippen LogP contribution < -0.4 is 21.3 Å². The van der Waals surface area contributed by atoms with Crippen molar-refractivity contribution in [2.24, 2.45) is 5.92 Å². The molecule has 2 aliphatic heterocycles. The molecular weight excluding hydrogens is 488 g/mol. The maximum absolute atomic E-state index is 13.6. The number of anilines is 4. The van der Waals surface area contributed by atoms with Gasteiger partial charge in [0, 0.05) is 38.9 Å². The molecule has 2 unspecified atom stereocenters. The Kier molecular flexibility index (Phi) is 8.39. The van der Waals surface area contributed by atoms with Crippen molar-refractivity contribution >= 4 is 40.5 Å². The molecule has 4 N–H and O–H groups in total. The van der Waals surface area contributed by atoms with Crippen LogP contribution in [-0.4, -0.2) is 70.7 Å². The Morgan fingerprint density at radius 2 is 1.76 bits per heavy atom. The lowest BCUT2D eigenvalue weighted by Gasteiger charge is -2.36. The van der Waals surface area contributed by atoms with E-state index in [0.29, 0.717) is 29.5 Å². The minimum Gasteiger partial charge on any atom is -0.381 e. The molecule has 0 spiro atoms. The molecule has 1 aliphatic carbocycles. The van der Waals surface area contributed by atoms with E-state index in [0.717, 1.165) is 44.7 Å². The lowest BCUT2D eigenvalue weighted by molar-refractivity contribution is 0.102.